The van der Waals surface area contributed by atoms with E-state index < -0.39 is 9.84 Å². The van der Waals surface area contributed by atoms with E-state index >= 15 is 0 Å². The molecular formula is C18H26N4O4S2. The number of aromatic nitrogens is 3. The zero-order chi connectivity index (χ0) is 20.3. The third kappa shape index (κ3) is 4.78. The normalized spacial score (nSPS) is 18.6. The zero-order valence-corrected chi connectivity index (χ0v) is 18.0. The van der Waals surface area contributed by atoms with Gasteiger partial charge in [0.2, 0.25) is 5.91 Å². The molecule has 1 aliphatic heterocycles. The molecule has 1 atom stereocenters. The number of carbonyl (C=O) groups is 1. The molecule has 0 bridgehead atoms. The molecule has 1 aliphatic rings. The highest BCUT2D eigenvalue weighted by atomic mass is 32.2. The average molecular weight is 427 g/mol. The molecule has 1 saturated heterocycles. The maximum absolute atomic E-state index is 12.7. The SMILES string of the molecule is CCN(C(=O)CSc1nnc(-c2ccco2)n1CC(C)C)C1CCS(=O)(=O)C1. The largest absolute Gasteiger partial charge is 0.461 e. The Bertz CT molecular complexity index is 906. The first-order chi connectivity index (χ1) is 13.3. The number of amides is 1. The summed E-state index contributed by atoms with van der Waals surface area (Å²) in [4.78, 5) is 14.4. The van der Waals surface area contributed by atoms with Crippen molar-refractivity contribution >= 4 is 27.5 Å². The molecule has 0 N–H and O–H groups in total. The van der Waals surface area contributed by atoms with Crippen LogP contribution in [0, 0.1) is 5.92 Å². The van der Waals surface area contributed by atoms with Gasteiger partial charge < -0.3 is 9.32 Å². The number of thioether (sulfide) groups is 1. The molecule has 0 aromatic carbocycles. The highest BCUT2D eigenvalue weighted by molar-refractivity contribution is 7.99. The minimum Gasteiger partial charge on any atom is -0.461 e. The van der Waals surface area contributed by atoms with E-state index in [1.807, 2.05) is 17.6 Å². The molecule has 0 saturated carbocycles. The number of sulfone groups is 1. The van der Waals surface area contributed by atoms with Gasteiger partial charge in [0.25, 0.3) is 0 Å². The van der Waals surface area contributed by atoms with Gasteiger partial charge in [-0.25, -0.2) is 8.42 Å². The molecule has 2 aromatic rings. The second-order valence-electron chi connectivity index (χ2n) is 7.31. The highest BCUT2D eigenvalue weighted by Crippen LogP contribution is 2.26. The van der Waals surface area contributed by atoms with Gasteiger partial charge in [-0.2, -0.15) is 0 Å². The van der Waals surface area contributed by atoms with Crippen molar-refractivity contribution in [3.8, 4) is 11.6 Å². The van der Waals surface area contributed by atoms with Crippen LogP contribution in [0.2, 0.25) is 0 Å². The van der Waals surface area contributed by atoms with Gasteiger partial charge in [-0.1, -0.05) is 25.6 Å². The molecule has 0 aliphatic carbocycles. The Hall–Kier alpha value is -1.81. The lowest BCUT2D eigenvalue weighted by atomic mass is 10.2. The summed E-state index contributed by atoms with van der Waals surface area (Å²) in [6.45, 7) is 7.29. The van der Waals surface area contributed by atoms with Crippen molar-refractivity contribution in [2.24, 2.45) is 5.92 Å². The molecule has 2 aromatic heterocycles. The molecule has 1 fully saturated rings. The number of hydrogen-bond donors (Lipinski definition) is 0. The van der Waals surface area contributed by atoms with Crippen LogP contribution in [-0.2, 0) is 21.2 Å². The molecule has 10 heteroatoms. The van der Waals surface area contributed by atoms with E-state index in [0.29, 0.717) is 42.2 Å². The summed E-state index contributed by atoms with van der Waals surface area (Å²) < 4.78 is 30.9. The molecule has 1 amide bonds. The smallest absolute Gasteiger partial charge is 0.233 e. The second-order valence-corrected chi connectivity index (χ2v) is 10.5. The molecule has 3 rings (SSSR count). The van der Waals surface area contributed by atoms with Crippen molar-refractivity contribution in [1.82, 2.24) is 19.7 Å². The molecule has 0 spiro atoms. The van der Waals surface area contributed by atoms with Crippen LogP contribution in [0.5, 0.6) is 0 Å². The van der Waals surface area contributed by atoms with Crippen molar-refractivity contribution in [3.05, 3.63) is 18.4 Å². The average Bonchev–Trinajstić information content (AvgIpc) is 3.34. The summed E-state index contributed by atoms with van der Waals surface area (Å²) in [5.74, 6) is 1.98. The third-order valence-corrected chi connectivity index (χ3v) is 7.34. The number of hydrogen-bond acceptors (Lipinski definition) is 7. The van der Waals surface area contributed by atoms with Crippen LogP contribution < -0.4 is 0 Å². The van der Waals surface area contributed by atoms with Gasteiger partial charge in [-0.05, 0) is 31.4 Å². The number of furan rings is 1. The minimum atomic E-state index is -3.03. The lowest BCUT2D eigenvalue weighted by Crippen LogP contribution is -2.42. The summed E-state index contributed by atoms with van der Waals surface area (Å²) in [6, 6.07) is 3.41. The van der Waals surface area contributed by atoms with Crippen LogP contribution in [0.4, 0.5) is 0 Å². The van der Waals surface area contributed by atoms with Crippen LogP contribution in [0.15, 0.2) is 28.0 Å². The standard InChI is InChI=1S/C18H26N4O4S2/c1-4-21(14-7-9-28(24,25)12-14)16(23)11-27-18-20-19-17(15-6-5-8-26-15)22(18)10-13(2)3/h5-6,8,13-14H,4,7,9-12H2,1-3H3. The van der Waals surface area contributed by atoms with Crippen LogP contribution >= 0.6 is 11.8 Å². The van der Waals surface area contributed by atoms with Crippen LogP contribution in [0.25, 0.3) is 11.6 Å². The monoisotopic (exact) mass is 426 g/mol. The van der Waals surface area contributed by atoms with E-state index in [1.54, 1.807) is 17.2 Å². The van der Waals surface area contributed by atoms with Crippen molar-refractivity contribution in [1.29, 1.82) is 0 Å². The molecule has 8 nitrogen and oxygen atoms in total. The van der Waals surface area contributed by atoms with Gasteiger partial charge in [0.15, 0.2) is 26.6 Å². The van der Waals surface area contributed by atoms with Crippen molar-refractivity contribution in [2.75, 3.05) is 23.8 Å². The Balaban J connectivity index is 1.72. The quantitative estimate of drug-likeness (QED) is 0.597. The van der Waals surface area contributed by atoms with Gasteiger partial charge in [-0.15, -0.1) is 10.2 Å². The topological polar surface area (TPSA) is 98.3 Å². The molecule has 154 valence electrons. The number of carbonyl (C=O) groups excluding carboxylic acids is 1. The first-order valence-electron chi connectivity index (χ1n) is 9.40. The Labute approximate surface area is 169 Å². The minimum absolute atomic E-state index is 0.0589. The van der Waals surface area contributed by atoms with E-state index in [-0.39, 0.29) is 29.2 Å². The van der Waals surface area contributed by atoms with E-state index in [4.69, 9.17) is 4.42 Å². The van der Waals surface area contributed by atoms with Gasteiger partial charge in [-0.3, -0.25) is 9.36 Å². The lowest BCUT2D eigenvalue weighted by molar-refractivity contribution is -0.129. The van der Waals surface area contributed by atoms with Crippen LogP contribution in [-0.4, -0.2) is 63.8 Å². The zero-order valence-electron chi connectivity index (χ0n) is 16.4. The van der Waals surface area contributed by atoms with Crippen molar-refractivity contribution < 1.29 is 17.6 Å². The number of nitrogens with zero attached hydrogens (tertiary/aromatic N) is 4. The fourth-order valence-corrected chi connectivity index (χ4v) is 5.95. The van der Waals surface area contributed by atoms with E-state index in [9.17, 15) is 13.2 Å². The number of rotatable bonds is 8. The molecule has 3 heterocycles. The van der Waals surface area contributed by atoms with E-state index in [2.05, 4.69) is 24.0 Å². The van der Waals surface area contributed by atoms with Crippen LogP contribution in [0.1, 0.15) is 27.2 Å². The van der Waals surface area contributed by atoms with Gasteiger partial charge in [0.1, 0.15) is 0 Å². The first-order valence-corrected chi connectivity index (χ1v) is 12.2. The maximum Gasteiger partial charge on any atom is 0.233 e. The Morgan fingerprint density at radius 1 is 1.43 bits per heavy atom. The second kappa shape index (κ2) is 8.69. The van der Waals surface area contributed by atoms with E-state index in [1.165, 1.54) is 11.8 Å². The maximum atomic E-state index is 12.7. The Morgan fingerprint density at radius 3 is 2.79 bits per heavy atom. The molecule has 0 radical (unpaired) electrons. The van der Waals surface area contributed by atoms with Crippen molar-refractivity contribution in [2.45, 2.75) is 44.9 Å². The van der Waals surface area contributed by atoms with Gasteiger partial charge in [0, 0.05) is 19.1 Å². The third-order valence-electron chi connectivity index (χ3n) is 4.64. The predicted octanol–water partition coefficient (Wildman–Crippen LogP) is 2.32. The summed E-state index contributed by atoms with van der Waals surface area (Å²) in [7, 11) is -3.03. The highest BCUT2D eigenvalue weighted by Gasteiger charge is 2.34. The predicted molar refractivity (Wildman–Crippen MR) is 108 cm³/mol. The van der Waals surface area contributed by atoms with E-state index in [0.717, 1.165) is 0 Å². The fraction of sp³-hybridized carbons (Fsp3) is 0.611. The summed E-state index contributed by atoms with van der Waals surface area (Å²) in [5, 5.41) is 9.15. The molecule has 28 heavy (non-hydrogen) atoms. The Kier molecular flexibility index (Phi) is 6.49. The molecule has 1 unspecified atom stereocenters. The molecular weight excluding hydrogens is 400 g/mol. The fourth-order valence-electron chi connectivity index (χ4n) is 3.38. The summed E-state index contributed by atoms with van der Waals surface area (Å²) in [5.41, 5.74) is 0. The Morgan fingerprint density at radius 2 is 2.21 bits per heavy atom. The van der Waals surface area contributed by atoms with Crippen LogP contribution in [0.3, 0.4) is 0 Å². The van der Waals surface area contributed by atoms with Gasteiger partial charge >= 0.3 is 0 Å². The lowest BCUT2D eigenvalue weighted by Gasteiger charge is -2.26. The summed E-state index contributed by atoms with van der Waals surface area (Å²) in [6.07, 6.45) is 2.10. The van der Waals surface area contributed by atoms with Gasteiger partial charge in [0.05, 0.1) is 23.5 Å². The first kappa shape index (κ1) is 20.9. The summed E-state index contributed by atoms with van der Waals surface area (Å²) >= 11 is 1.32. The van der Waals surface area contributed by atoms with Crippen molar-refractivity contribution in [3.63, 3.8) is 0 Å².